The number of rotatable bonds is 6. The molecule has 4 N–H and O–H groups in total. The molecule has 0 aliphatic carbocycles. The molecule has 0 aromatic heterocycles. The predicted octanol–water partition coefficient (Wildman–Crippen LogP) is 2.43. The van der Waals surface area contributed by atoms with Crippen molar-refractivity contribution in [3.8, 4) is 5.75 Å². The Bertz CT molecular complexity index is 495. The molecule has 116 valence electrons. The van der Waals surface area contributed by atoms with Crippen LogP contribution >= 0.6 is 0 Å². The molecule has 1 aromatic rings. The van der Waals surface area contributed by atoms with E-state index in [1.807, 2.05) is 27.7 Å². The summed E-state index contributed by atoms with van der Waals surface area (Å²) in [4.78, 5) is 12.2. The van der Waals surface area contributed by atoms with Crippen molar-refractivity contribution in [2.45, 2.75) is 33.8 Å². The third-order valence-electron chi connectivity index (χ3n) is 2.88. The molecule has 6 heteroatoms. The summed E-state index contributed by atoms with van der Waals surface area (Å²) in [5, 5.41) is 14.4. The van der Waals surface area contributed by atoms with Crippen LogP contribution in [0.2, 0.25) is 0 Å². The van der Waals surface area contributed by atoms with Crippen molar-refractivity contribution in [2.75, 3.05) is 5.32 Å². The minimum atomic E-state index is -0.679. The van der Waals surface area contributed by atoms with Crippen molar-refractivity contribution in [3.63, 3.8) is 0 Å². The molecule has 0 radical (unpaired) electrons. The molecule has 0 fully saturated rings. The molecule has 1 amide bonds. The van der Waals surface area contributed by atoms with Gasteiger partial charge in [0.15, 0.2) is 5.84 Å². The van der Waals surface area contributed by atoms with E-state index < -0.39 is 5.92 Å². The summed E-state index contributed by atoms with van der Waals surface area (Å²) in [5.74, 6) is -0.425. The van der Waals surface area contributed by atoms with E-state index in [0.29, 0.717) is 5.69 Å². The third-order valence-corrected chi connectivity index (χ3v) is 2.88. The van der Waals surface area contributed by atoms with Crippen LogP contribution in [0.25, 0.3) is 0 Å². The molecule has 21 heavy (non-hydrogen) atoms. The summed E-state index contributed by atoms with van der Waals surface area (Å²) in [5.41, 5.74) is 6.20. The number of benzene rings is 1. The van der Waals surface area contributed by atoms with Crippen LogP contribution in [0, 0.1) is 11.8 Å². The summed E-state index contributed by atoms with van der Waals surface area (Å²) in [7, 11) is 0. The number of hydrogen-bond acceptors (Lipinski definition) is 4. The number of amides is 1. The Hall–Kier alpha value is -2.24. The Labute approximate surface area is 125 Å². The Kier molecular flexibility index (Phi) is 6.02. The number of carbonyl (C=O) groups excluding carboxylic acids is 1. The lowest BCUT2D eigenvalue weighted by atomic mass is 9.94. The van der Waals surface area contributed by atoms with Gasteiger partial charge in [-0.3, -0.25) is 4.79 Å². The molecule has 1 unspecified atom stereocenters. The Morgan fingerprint density at radius 2 is 1.81 bits per heavy atom. The van der Waals surface area contributed by atoms with Crippen molar-refractivity contribution < 1.29 is 14.7 Å². The lowest BCUT2D eigenvalue weighted by Crippen LogP contribution is -2.38. The molecule has 6 nitrogen and oxygen atoms in total. The highest BCUT2D eigenvalue weighted by Gasteiger charge is 2.26. The molecule has 0 saturated heterocycles. The van der Waals surface area contributed by atoms with Gasteiger partial charge >= 0.3 is 0 Å². The first-order chi connectivity index (χ1) is 9.85. The lowest BCUT2D eigenvalue weighted by molar-refractivity contribution is -0.119. The minimum absolute atomic E-state index is 0.0792. The highest BCUT2D eigenvalue weighted by Crippen LogP contribution is 2.19. The predicted molar refractivity (Wildman–Crippen MR) is 82.6 cm³/mol. The van der Waals surface area contributed by atoms with Crippen LogP contribution in [0.1, 0.15) is 27.7 Å². The zero-order chi connectivity index (χ0) is 16.0. The van der Waals surface area contributed by atoms with E-state index in [1.54, 1.807) is 24.3 Å². The summed E-state index contributed by atoms with van der Waals surface area (Å²) < 4.78 is 5.53. The third kappa shape index (κ3) is 4.98. The number of nitrogens with one attached hydrogen (secondary N) is 1. The van der Waals surface area contributed by atoms with Gasteiger partial charge in [0.25, 0.3) is 0 Å². The van der Waals surface area contributed by atoms with Crippen molar-refractivity contribution in [2.24, 2.45) is 22.7 Å². The standard InChI is InChI=1S/C15H23N3O3/c1-9(2)13(14(16)18-20)15(19)17-11-5-7-12(8-6-11)21-10(3)4/h5-10,13,20H,1-4H3,(H2,16,18)(H,17,19). The summed E-state index contributed by atoms with van der Waals surface area (Å²) >= 11 is 0. The van der Waals surface area contributed by atoms with Crippen molar-refractivity contribution in [1.82, 2.24) is 0 Å². The van der Waals surface area contributed by atoms with E-state index in [0.717, 1.165) is 5.75 Å². The van der Waals surface area contributed by atoms with Crippen LogP contribution in [0.4, 0.5) is 5.69 Å². The van der Waals surface area contributed by atoms with E-state index in [2.05, 4.69) is 10.5 Å². The molecular weight excluding hydrogens is 270 g/mol. The smallest absolute Gasteiger partial charge is 0.235 e. The normalized spacial score (nSPS) is 13.3. The van der Waals surface area contributed by atoms with Crippen LogP contribution in [0.15, 0.2) is 29.4 Å². The first kappa shape index (κ1) is 16.8. The second kappa shape index (κ2) is 7.52. The van der Waals surface area contributed by atoms with Crippen molar-refractivity contribution >= 4 is 17.4 Å². The van der Waals surface area contributed by atoms with Gasteiger partial charge in [-0.05, 0) is 44.0 Å². The van der Waals surface area contributed by atoms with Crippen molar-refractivity contribution in [3.05, 3.63) is 24.3 Å². The van der Waals surface area contributed by atoms with Gasteiger partial charge in [-0.15, -0.1) is 0 Å². The van der Waals surface area contributed by atoms with Gasteiger partial charge in [0.05, 0.1) is 6.10 Å². The SMILES string of the molecule is CC(C)Oc1ccc(NC(=O)C(C(N)=NO)C(C)C)cc1. The second-order valence-electron chi connectivity index (χ2n) is 5.43. The molecule has 0 aliphatic heterocycles. The Morgan fingerprint density at radius 3 is 2.24 bits per heavy atom. The molecule has 1 atom stereocenters. The van der Waals surface area contributed by atoms with Gasteiger partial charge in [-0.25, -0.2) is 0 Å². The van der Waals surface area contributed by atoms with Gasteiger partial charge < -0.3 is 21.0 Å². The van der Waals surface area contributed by atoms with Crippen molar-refractivity contribution in [1.29, 1.82) is 0 Å². The van der Waals surface area contributed by atoms with Crippen LogP contribution in [0.5, 0.6) is 5.75 Å². The molecular formula is C15H23N3O3. The number of amidine groups is 1. The van der Waals surface area contributed by atoms with E-state index in [4.69, 9.17) is 15.7 Å². The molecule has 0 saturated carbocycles. The average molecular weight is 293 g/mol. The van der Waals surface area contributed by atoms with E-state index >= 15 is 0 Å². The van der Waals surface area contributed by atoms with Gasteiger partial charge in [-0.2, -0.15) is 0 Å². The fourth-order valence-electron chi connectivity index (χ4n) is 1.95. The maximum Gasteiger partial charge on any atom is 0.235 e. The molecule has 1 rings (SSSR count). The van der Waals surface area contributed by atoms with Gasteiger partial charge in [0, 0.05) is 5.69 Å². The molecule has 1 aromatic carbocycles. The molecule has 0 bridgehead atoms. The van der Waals surface area contributed by atoms with Crippen LogP contribution in [0.3, 0.4) is 0 Å². The highest BCUT2D eigenvalue weighted by atomic mass is 16.5. The molecule has 0 heterocycles. The number of anilines is 1. The first-order valence-corrected chi connectivity index (χ1v) is 6.90. The second-order valence-corrected chi connectivity index (χ2v) is 5.43. The van der Waals surface area contributed by atoms with Crippen LogP contribution in [-0.4, -0.2) is 23.1 Å². The number of carbonyl (C=O) groups is 1. The summed E-state index contributed by atoms with van der Waals surface area (Å²) in [6.45, 7) is 7.56. The summed E-state index contributed by atoms with van der Waals surface area (Å²) in [6, 6.07) is 7.06. The topological polar surface area (TPSA) is 96.9 Å². The molecule has 0 spiro atoms. The quantitative estimate of drug-likeness (QED) is 0.325. The zero-order valence-corrected chi connectivity index (χ0v) is 12.8. The zero-order valence-electron chi connectivity index (χ0n) is 12.8. The van der Waals surface area contributed by atoms with Gasteiger partial charge in [-0.1, -0.05) is 19.0 Å². The van der Waals surface area contributed by atoms with E-state index in [9.17, 15) is 4.79 Å². The largest absolute Gasteiger partial charge is 0.491 e. The number of nitrogens with zero attached hydrogens (tertiary/aromatic N) is 1. The number of hydrogen-bond donors (Lipinski definition) is 3. The number of oxime groups is 1. The fourth-order valence-corrected chi connectivity index (χ4v) is 1.95. The first-order valence-electron chi connectivity index (χ1n) is 6.90. The number of ether oxygens (including phenoxy) is 1. The van der Waals surface area contributed by atoms with Crippen LogP contribution in [-0.2, 0) is 4.79 Å². The average Bonchev–Trinajstić information content (AvgIpc) is 2.39. The molecule has 0 aliphatic rings. The maximum atomic E-state index is 12.2. The Morgan fingerprint density at radius 1 is 1.24 bits per heavy atom. The maximum absolute atomic E-state index is 12.2. The van der Waals surface area contributed by atoms with E-state index in [1.165, 1.54) is 0 Å². The Balaban J connectivity index is 2.77. The van der Waals surface area contributed by atoms with Crippen LogP contribution < -0.4 is 15.8 Å². The monoisotopic (exact) mass is 293 g/mol. The lowest BCUT2D eigenvalue weighted by Gasteiger charge is -2.19. The minimum Gasteiger partial charge on any atom is -0.491 e. The van der Waals surface area contributed by atoms with Gasteiger partial charge in [0.1, 0.15) is 11.7 Å². The fraction of sp³-hybridized carbons (Fsp3) is 0.467. The number of nitrogens with two attached hydrogens (primary N) is 1. The summed E-state index contributed by atoms with van der Waals surface area (Å²) in [6.07, 6.45) is 0.0938. The van der Waals surface area contributed by atoms with E-state index in [-0.39, 0.29) is 23.8 Å². The highest BCUT2D eigenvalue weighted by molar-refractivity contribution is 6.07. The van der Waals surface area contributed by atoms with Gasteiger partial charge in [0.2, 0.25) is 5.91 Å².